The predicted octanol–water partition coefficient (Wildman–Crippen LogP) is 5.57. The second-order valence-corrected chi connectivity index (χ2v) is 8.59. The maximum Gasteiger partial charge on any atom is 0.417 e. The SMILES string of the molecule is O=S(=O)(NCc1ccccc1-c1ccsc1)c1ccc(Cl)c(C(F)(F)F)c1. The normalized spacial score (nSPS) is 12.3. The Balaban J connectivity index is 1.87. The van der Waals surface area contributed by atoms with Crippen molar-refractivity contribution in [1.82, 2.24) is 4.72 Å². The van der Waals surface area contributed by atoms with Crippen LogP contribution in [-0.2, 0) is 22.7 Å². The van der Waals surface area contributed by atoms with Gasteiger partial charge in [-0.05, 0) is 51.7 Å². The van der Waals surface area contributed by atoms with Crippen LogP contribution in [0, 0.1) is 0 Å². The zero-order chi connectivity index (χ0) is 19.7. The number of thiophene rings is 1. The van der Waals surface area contributed by atoms with Crippen molar-refractivity contribution in [2.24, 2.45) is 0 Å². The second-order valence-electron chi connectivity index (χ2n) is 5.63. The molecule has 27 heavy (non-hydrogen) atoms. The molecule has 0 atom stereocenters. The molecule has 0 aliphatic heterocycles. The van der Waals surface area contributed by atoms with E-state index in [2.05, 4.69) is 4.72 Å². The fourth-order valence-electron chi connectivity index (χ4n) is 2.52. The van der Waals surface area contributed by atoms with Gasteiger partial charge >= 0.3 is 6.18 Å². The number of sulfonamides is 1. The number of hydrogen-bond donors (Lipinski definition) is 1. The molecule has 0 fully saturated rings. The molecule has 1 N–H and O–H groups in total. The first-order valence-electron chi connectivity index (χ1n) is 7.65. The van der Waals surface area contributed by atoms with Crippen molar-refractivity contribution < 1.29 is 21.6 Å². The van der Waals surface area contributed by atoms with Crippen LogP contribution in [0.15, 0.2) is 64.2 Å². The van der Waals surface area contributed by atoms with E-state index in [-0.39, 0.29) is 6.54 Å². The molecule has 0 bridgehead atoms. The Morgan fingerprint density at radius 2 is 1.81 bits per heavy atom. The van der Waals surface area contributed by atoms with Crippen LogP contribution in [0.2, 0.25) is 5.02 Å². The summed E-state index contributed by atoms with van der Waals surface area (Å²) in [6.07, 6.45) is -4.74. The van der Waals surface area contributed by atoms with Crippen LogP contribution >= 0.6 is 22.9 Å². The highest BCUT2D eigenvalue weighted by atomic mass is 35.5. The Bertz CT molecular complexity index is 1050. The van der Waals surface area contributed by atoms with Gasteiger partial charge in [0.25, 0.3) is 0 Å². The molecule has 9 heteroatoms. The third-order valence-electron chi connectivity index (χ3n) is 3.86. The molecule has 3 rings (SSSR count). The highest BCUT2D eigenvalue weighted by Gasteiger charge is 2.34. The molecule has 0 unspecified atom stereocenters. The third-order valence-corrected chi connectivity index (χ3v) is 6.27. The van der Waals surface area contributed by atoms with Crippen LogP contribution in [-0.4, -0.2) is 8.42 Å². The van der Waals surface area contributed by atoms with Crippen LogP contribution in [0.25, 0.3) is 11.1 Å². The minimum atomic E-state index is -4.74. The van der Waals surface area contributed by atoms with Gasteiger partial charge in [0.05, 0.1) is 15.5 Å². The molecule has 2 aromatic carbocycles. The Morgan fingerprint density at radius 1 is 1.07 bits per heavy atom. The number of nitrogens with one attached hydrogen (secondary N) is 1. The molecule has 0 aliphatic carbocycles. The van der Waals surface area contributed by atoms with Crippen molar-refractivity contribution in [3.8, 4) is 11.1 Å². The van der Waals surface area contributed by atoms with Crippen LogP contribution in [0.1, 0.15) is 11.1 Å². The van der Waals surface area contributed by atoms with E-state index in [4.69, 9.17) is 11.6 Å². The summed E-state index contributed by atoms with van der Waals surface area (Å²) in [5.41, 5.74) is 1.32. The number of alkyl halides is 3. The summed E-state index contributed by atoms with van der Waals surface area (Å²) in [7, 11) is -4.15. The Labute approximate surface area is 163 Å². The van der Waals surface area contributed by atoms with Gasteiger partial charge in [-0.1, -0.05) is 35.9 Å². The minimum Gasteiger partial charge on any atom is -0.207 e. The van der Waals surface area contributed by atoms with Gasteiger partial charge in [-0.2, -0.15) is 24.5 Å². The summed E-state index contributed by atoms with van der Waals surface area (Å²) >= 11 is 7.06. The molecular formula is C18H13ClF3NO2S2. The van der Waals surface area contributed by atoms with E-state index in [1.807, 2.05) is 29.0 Å². The van der Waals surface area contributed by atoms with Crippen molar-refractivity contribution in [3.05, 3.63) is 75.4 Å². The maximum absolute atomic E-state index is 13.0. The monoisotopic (exact) mass is 431 g/mol. The topological polar surface area (TPSA) is 46.2 Å². The van der Waals surface area contributed by atoms with Crippen molar-refractivity contribution in [2.75, 3.05) is 0 Å². The zero-order valence-electron chi connectivity index (χ0n) is 13.6. The lowest BCUT2D eigenvalue weighted by atomic mass is 10.0. The first-order valence-corrected chi connectivity index (χ1v) is 10.5. The van der Waals surface area contributed by atoms with Gasteiger partial charge in [-0.25, -0.2) is 13.1 Å². The van der Waals surface area contributed by atoms with E-state index in [1.165, 1.54) is 11.3 Å². The number of hydrogen-bond acceptors (Lipinski definition) is 3. The average molecular weight is 432 g/mol. The van der Waals surface area contributed by atoms with Crippen molar-refractivity contribution in [3.63, 3.8) is 0 Å². The molecule has 0 saturated heterocycles. The third kappa shape index (κ3) is 4.52. The van der Waals surface area contributed by atoms with E-state index < -0.39 is 31.7 Å². The van der Waals surface area contributed by atoms with Crippen molar-refractivity contribution >= 4 is 33.0 Å². The van der Waals surface area contributed by atoms with E-state index in [0.29, 0.717) is 11.6 Å². The van der Waals surface area contributed by atoms with Gasteiger partial charge in [0.2, 0.25) is 10.0 Å². The van der Waals surface area contributed by atoms with Crippen molar-refractivity contribution in [2.45, 2.75) is 17.6 Å². The Kier molecular flexibility index (Phi) is 5.62. The van der Waals surface area contributed by atoms with Crippen LogP contribution in [0.4, 0.5) is 13.2 Å². The molecule has 1 aromatic heterocycles. The standard InChI is InChI=1S/C18H13ClF3NO2S2/c19-17-6-5-14(9-16(17)18(20,21)22)27(24,25)23-10-12-3-1-2-4-15(12)13-7-8-26-11-13/h1-9,11,23H,10H2. The van der Waals surface area contributed by atoms with Crippen LogP contribution in [0.5, 0.6) is 0 Å². The second kappa shape index (κ2) is 7.63. The van der Waals surface area contributed by atoms with E-state index in [0.717, 1.165) is 23.3 Å². The molecular weight excluding hydrogens is 419 g/mol. The molecule has 0 radical (unpaired) electrons. The summed E-state index contributed by atoms with van der Waals surface area (Å²) in [6.45, 7) is -0.0572. The number of benzene rings is 2. The lowest BCUT2D eigenvalue weighted by molar-refractivity contribution is -0.137. The average Bonchev–Trinajstić information content (AvgIpc) is 3.14. The molecule has 3 nitrogen and oxygen atoms in total. The molecule has 0 saturated carbocycles. The van der Waals surface area contributed by atoms with E-state index >= 15 is 0 Å². The fraction of sp³-hybridized carbons (Fsp3) is 0.111. The molecule has 0 aliphatic rings. The van der Waals surface area contributed by atoms with E-state index in [9.17, 15) is 21.6 Å². The number of rotatable bonds is 5. The summed E-state index contributed by atoms with van der Waals surface area (Å²) in [5, 5.41) is 3.29. The van der Waals surface area contributed by atoms with Crippen LogP contribution < -0.4 is 4.72 Å². The lowest BCUT2D eigenvalue weighted by Crippen LogP contribution is -2.24. The quantitative estimate of drug-likeness (QED) is 0.574. The summed E-state index contributed by atoms with van der Waals surface area (Å²) < 4.78 is 66.2. The molecule has 0 spiro atoms. The smallest absolute Gasteiger partial charge is 0.207 e. The van der Waals surface area contributed by atoms with Gasteiger partial charge in [0.15, 0.2) is 0 Å². The number of halogens is 4. The minimum absolute atomic E-state index is 0.0572. The fourth-order valence-corrected chi connectivity index (χ4v) is 4.43. The van der Waals surface area contributed by atoms with Gasteiger partial charge in [0, 0.05) is 6.54 Å². The molecule has 142 valence electrons. The molecule has 3 aromatic rings. The van der Waals surface area contributed by atoms with Gasteiger partial charge in [-0.15, -0.1) is 0 Å². The van der Waals surface area contributed by atoms with E-state index in [1.54, 1.807) is 12.1 Å². The highest BCUT2D eigenvalue weighted by Crippen LogP contribution is 2.36. The summed E-state index contributed by atoms with van der Waals surface area (Å²) in [5.74, 6) is 0. The summed E-state index contributed by atoms with van der Waals surface area (Å²) in [6, 6.07) is 11.6. The van der Waals surface area contributed by atoms with Gasteiger partial charge in [0.1, 0.15) is 0 Å². The summed E-state index contributed by atoms with van der Waals surface area (Å²) in [4.78, 5) is -0.493. The Morgan fingerprint density at radius 3 is 2.48 bits per heavy atom. The predicted molar refractivity (Wildman–Crippen MR) is 100 cm³/mol. The van der Waals surface area contributed by atoms with Crippen molar-refractivity contribution in [1.29, 1.82) is 0 Å². The van der Waals surface area contributed by atoms with Gasteiger partial charge < -0.3 is 0 Å². The van der Waals surface area contributed by atoms with Crippen LogP contribution in [0.3, 0.4) is 0 Å². The lowest BCUT2D eigenvalue weighted by Gasteiger charge is -2.13. The first-order chi connectivity index (χ1) is 12.7. The molecule has 0 amide bonds. The molecule has 1 heterocycles. The highest BCUT2D eigenvalue weighted by molar-refractivity contribution is 7.89. The van der Waals surface area contributed by atoms with Gasteiger partial charge in [-0.3, -0.25) is 0 Å². The zero-order valence-corrected chi connectivity index (χ0v) is 16.0. The maximum atomic E-state index is 13.0. The Hall–Kier alpha value is -1.87. The first kappa shape index (κ1) is 19.9. The largest absolute Gasteiger partial charge is 0.417 e.